The van der Waals surface area contributed by atoms with Crippen molar-refractivity contribution in [2.45, 2.75) is 33.1 Å². The molecule has 0 radical (unpaired) electrons. The summed E-state index contributed by atoms with van der Waals surface area (Å²) in [5.74, 6) is 0.505. The van der Waals surface area contributed by atoms with Crippen LogP contribution in [0.2, 0.25) is 0 Å². The van der Waals surface area contributed by atoms with Gasteiger partial charge in [-0.1, -0.05) is 13.8 Å². The largest absolute Gasteiger partial charge is 0.355 e. The molecule has 1 heterocycles. The van der Waals surface area contributed by atoms with Crippen molar-refractivity contribution in [3.05, 3.63) is 0 Å². The van der Waals surface area contributed by atoms with E-state index in [0.717, 1.165) is 25.9 Å². The summed E-state index contributed by atoms with van der Waals surface area (Å²) < 4.78 is 0. The smallest absolute Gasteiger partial charge is 0.236 e. The monoisotopic (exact) mass is 255 g/mol. The van der Waals surface area contributed by atoms with Gasteiger partial charge in [-0.2, -0.15) is 0 Å². The van der Waals surface area contributed by atoms with Gasteiger partial charge in [-0.3, -0.25) is 14.9 Å². The average Bonchev–Trinajstić information content (AvgIpc) is 2.37. The lowest BCUT2D eigenvalue weighted by atomic mass is 10.1. The van der Waals surface area contributed by atoms with Gasteiger partial charge < -0.3 is 10.2 Å². The molecule has 5 heteroatoms. The van der Waals surface area contributed by atoms with Crippen molar-refractivity contribution in [1.29, 1.82) is 0 Å². The van der Waals surface area contributed by atoms with Crippen molar-refractivity contribution in [2.75, 3.05) is 32.7 Å². The lowest BCUT2D eigenvalue weighted by molar-refractivity contribution is -0.131. The lowest BCUT2D eigenvalue weighted by Gasteiger charge is -2.26. The Morgan fingerprint density at radius 3 is 2.39 bits per heavy atom. The van der Waals surface area contributed by atoms with Crippen LogP contribution in [0.15, 0.2) is 0 Å². The molecule has 5 nitrogen and oxygen atoms in total. The van der Waals surface area contributed by atoms with Gasteiger partial charge in [0.2, 0.25) is 11.8 Å². The van der Waals surface area contributed by atoms with E-state index in [9.17, 15) is 9.59 Å². The van der Waals surface area contributed by atoms with Gasteiger partial charge in [0.15, 0.2) is 0 Å². The van der Waals surface area contributed by atoms with Gasteiger partial charge in [-0.15, -0.1) is 0 Å². The molecular formula is C13H25N3O2. The number of rotatable bonds is 6. The Morgan fingerprint density at radius 2 is 1.78 bits per heavy atom. The molecule has 0 aromatic carbocycles. The molecule has 1 rings (SSSR count). The van der Waals surface area contributed by atoms with Crippen LogP contribution >= 0.6 is 0 Å². The Morgan fingerprint density at radius 1 is 1.11 bits per heavy atom. The van der Waals surface area contributed by atoms with Gasteiger partial charge in [0.05, 0.1) is 13.1 Å². The first-order valence-corrected chi connectivity index (χ1v) is 6.85. The molecule has 1 fully saturated rings. The first kappa shape index (κ1) is 15.0. The molecule has 2 N–H and O–H groups in total. The second-order valence-corrected chi connectivity index (χ2v) is 5.24. The van der Waals surface area contributed by atoms with Gasteiger partial charge in [-0.25, -0.2) is 0 Å². The molecule has 0 unspecified atom stereocenters. The van der Waals surface area contributed by atoms with Crippen molar-refractivity contribution in [2.24, 2.45) is 5.92 Å². The van der Waals surface area contributed by atoms with E-state index >= 15 is 0 Å². The van der Waals surface area contributed by atoms with Crippen LogP contribution in [0, 0.1) is 5.92 Å². The quantitative estimate of drug-likeness (QED) is 0.720. The maximum atomic E-state index is 11.8. The molecule has 1 saturated heterocycles. The summed E-state index contributed by atoms with van der Waals surface area (Å²) in [6.07, 6.45) is 3.41. The molecule has 0 aliphatic carbocycles. The molecule has 104 valence electrons. The van der Waals surface area contributed by atoms with Crippen molar-refractivity contribution in [3.8, 4) is 0 Å². The Labute approximate surface area is 109 Å². The number of nitrogens with zero attached hydrogens (tertiary/aromatic N) is 1. The third kappa shape index (κ3) is 6.00. The third-order valence-electron chi connectivity index (χ3n) is 2.98. The molecule has 18 heavy (non-hydrogen) atoms. The van der Waals surface area contributed by atoms with Crippen LogP contribution in [-0.4, -0.2) is 49.4 Å². The molecule has 1 aliphatic heterocycles. The van der Waals surface area contributed by atoms with E-state index in [4.69, 9.17) is 0 Å². The Hall–Kier alpha value is -1.10. The number of carbonyl (C=O) groups is 2. The van der Waals surface area contributed by atoms with E-state index in [-0.39, 0.29) is 24.9 Å². The van der Waals surface area contributed by atoms with E-state index in [1.165, 1.54) is 6.42 Å². The molecule has 2 amide bonds. The zero-order valence-corrected chi connectivity index (χ0v) is 11.5. The highest BCUT2D eigenvalue weighted by Crippen LogP contribution is 2.07. The van der Waals surface area contributed by atoms with Crippen LogP contribution in [0.1, 0.15) is 33.1 Å². The lowest BCUT2D eigenvalue weighted by Crippen LogP contribution is -2.43. The van der Waals surface area contributed by atoms with Crippen LogP contribution in [-0.2, 0) is 9.59 Å². The molecule has 0 atom stereocenters. The van der Waals surface area contributed by atoms with E-state index in [0.29, 0.717) is 12.5 Å². The molecule has 0 spiro atoms. The predicted octanol–water partition coefficient (Wildman–Crippen LogP) is 0.361. The van der Waals surface area contributed by atoms with E-state index in [2.05, 4.69) is 10.6 Å². The molecule has 1 aliphatic rings. The summed E-state index contributed by atoms with van der Waals surface area (Å²) in [4.78, 5) is 25.1. The van der Waals surface area contributed by atoms with Crippen LogP contribution in [0.25, 0.3) is 0 Å². The maximum absolute atomic E-state index is 11.8. The summed E-state index contributed by atoms with van der Waals surface area (Å²) >= 11 is 0. The minimum atomic E-state index is -0.0462. The maximum Gasteiger partial charge on any atom is 0.236 e. The minimum Gasteiger partial charge on any atom is -0.355 e. The summed E-state index contributed by atoms with van der Waals surface area (Å²) in [6, 6.07) is 0. The molecular weight excluding hydrogens is 230 g/mol. The van der Waals surface area contributed by atoms with E-state index < -0.39 is 0 Å². The first-order chi connectivity index (χ1) is 8.59. The second-order valence-electron chi connectivity index (χ2n) is 5.24. The Bertz CT molecular complexity index is 273. The molecule has 0 aromatic heterocycles. The standard InChI is InChI=1S/C13H25N3O2/c1-11(2)8-15-12(17)9-14-10-13(18)16-6-4-3-5-7-16/h11,14H,3-10H2,1-2H3,(H,15,17). The van der Waals surface area contributed by atoms with Crippen molar-refractivity contribution in [3.63, 3.8) is 0 Å². The predicted molar refractivity (Wildman–Crippen MR) is 71.1 cm³/mol. The zero-order valence-electron chi connectivity index (χ0n) is 11.5. The number of nitrogens with one attached hydrogen (secondary N) is 2. The normalized spacial score (nSPS) is 15.8. The number of hydrogen-bond acceptors (Lipinski definition) is 3. The van der Waals surface area contributed by atoms with Gasteiger partial charge in [0, 0.05) is 19.6 Å². The highest BCUT2D eigenvalue weighted by atomic mass is 16.2. The van der Waals surface area contributed by atoms with E-state index in [1.807, 2.05) is 18.7 Å². The average molecular weight is 255 g/mol. The van der Waals surface area contributed by atoms with Gasteiger partial charge in [0.1, 0.15) is 0 Å². The number of piperidine rings is 1. The summed E-state index contributed by atoms with van der Waals surface area (Å²) in [6.45, 7) is 6.98. The van der Waals surface area contributed by atoms with Crippen LogP contribution in [0.3, 0.4) is 0 Å². The molecule has 0 aromatic rings. The minimum absolute atomic E-state index is 0.0462. The first-order valence-electron chi connectivity index (χ1n) is 6.85. The number of likely N-dealkylation sites (tertiary alicyclic amines) is 1. The van der Waals surface area contributed by atoms with Gasteiger partial charge >= 0.3 is 0 Å². The molecule has 0 bridgehead atoms. The topological polar surface area (TPSA) is 61.4 Å². The van der Waals surface area contributed by atoms with Crippen molar-refractivity contribution >= 4 is 11.8 Å². The van der Waals surface area contributed by atoms with Crippen LogP contribution < -0.4 is 10.6 Å². The number of hydrogen-bond donors (Lipinski definition) is 2. The summed E-state index contributed by atoms with van der Waals surface area (Å²) in [5, 5.41) is 5.71. The van der Waals surface area contributed by atoms with Gasteiger partial charge in [0.25, 0.3) is 0 Å². The zero-order chi connectivity index (χ0) is 13.4. The van der Waals surface area contributed by atoms with Crippen molar-refractivity contribution < 1.29 is 9.59 Å². The fourth-order valence-corrected chi connectivity index (χ4v) is 1.92. The summed E-state index contributed by atoms with van der Waals surface area (Å²) in [7, 11) is 0. The van der Waals surface area contributed by atoms with E-state index in [1.54, 1.807) is 0 Å². The SMILES string of the molecule is CC(C)CNC(=O)CNCC(=O)N1CCCCC1. The highest BCUT2D eigenvalue weighted by molar-refractivity contribution is 5.81. The van der Waals surface area contributed by atoms with Crippen molar-refractivity contribution in [1.82, 2.24) is 15.5 Å². The number of carbonyl (C=O) groups excluding carboxylic acids is 2. The van der Waals surface area contributed by atoms with Gasteiger partial charge in [-0.05, 0) is 25.2 Å². The second kappa shape index (κ2) is 8.08. The fraction of sp³-hybridized carbons (Fsp3) is 0.846. The molecule has 0 saturated carbocycles. The third-order valence-corrected chi connectivity index (χ3v) is 2.98. The fourth-order valence-electron chi connectivity index (χ4n) is 1.92. The van der Waals surface area contributed by atoms with Crippen LogP contribution in [0.5, 0.6) is 0 Å². The number of amides is 2. The Kier molecular flexibility index (Phi) is 6.72. The highest BCUT2D eigenvalue weighted by Gasteiger charge is 2.15. The Balaban J connectivity index is 2.09. The summed E-state index contributed by atoms with van der Waals surface area (Å²) in [5.41, 5.74) is 0. The van der Waals surface area contributed by atoms with Crippen LogP contribution in [0.4, 0.5) is 0 Å².